The highest BCUT2D eigenvalue weighted by molar-refractivity contribution is 5.71. The summed E-state index contributed by atoms with van der Waals surface area (Å²) in [4.78, 5) is 13.3. The van der Waals surface area contributed by atoms with E-state index >= 15 is 0 Å². The van der Waals surface area contributed by atoms with Gasteiger partial charge in [-0.1, -0.05) is 0 Å². The van der Waals surface area contributed by atoms with Gasteiger partial charge in [0.15, 0.2) is 0 Å². The van der Waals surface area contributed by atoms with Gasteiger partial charge in [0.25, 0.3) is 0 Å². The number of aliphatic hydroxyl groups excluding tert-OH is 7. The van der Waals surface area contributed by atoms with Crippen LogP contribution in [0.5, 0.6) is 0 Å². The van der Waals surface area contributed by atoms with E-state index in [1.54, 1.807) is 0 Å². The van der Waals surface area contributed by atoms with Crippen molar-refractivity contribution in [1.29, 1.82) is 0 Å². The van der Waals surface area contributed by atoms with E-state index in [2.05, 4.69) is 5.32 Å². The van der Waals surface area contributed by atoms with Gasteiger partial charge in [-0.2, -0.15) is 0 Å². The maximum absolute atomic E-state index is 11.8. The summed E-state index contributed by atoms with van der Waals surface area (Å²) in [7, 11) is 0. The molecule has 0 atom stereocenters. The fraction of sp³-hybridized carbons (Fsp3) is 0.929. The molecule has 0 saturated heterocycles. The first-order chi connectivity index (χ1) is 11.9. The van der Waals surface area contributed by atoms with Crippen molar-refractivity contribution in [3.63, 3.8) is 0 Å². The van der Waals surface area contributed by atoms with Crippen LogP contribution in [0.2, 0.25) is 0 Å². The molecule has 0 rings (SSSR count). The Morgan fingerprint density at radius 2 is 1.32 bits per heavy atom. The zero-order valence-electron chi connectivity index (χ0n) is 14.2. The molecule has 0 aromatic carbocycles. The third kappa shape index (κ3) is 7.09. The van der Waals surface area contributed by atoms with Crippen LogP contribution in [0.15, 0.2) is 0 Å². The van der Waals surface area contributed by atoms with Crippen molar-refractivity contribution in [3.05, 3.63) is 0 Å². The van der Waals surface area contributed by atoms with Gasteiger partial charge in [-0.25, -0.2) is 0 Å². The summed E-state index contributed by atoms with van der Waals surface area (Å²) >= 11 is 0. The summed E-state index contributed by atoms with van der Waals surface area (Å²) in [6.07, 6.45) is 0. The van der Waals surface area contributed by atoms with Crippen molar-refractivity contribution < 1.29 is 45.3 Å². The topological polar surface area (TPSA) is 183 Å². The van der Waals surface area contributed by atoms with Gasteiger partial charge in [0.05, 0.1) is 58.3 Å². The lowest BCUT2D eigenvalue weighted by atomic mass is 10.0. The molecule has 0 aliphatic heterocycles. The highest BCUT2D eigenvalue weighted by Gasteiger charge is 2.37. The number of hydrogen-bond donors (Lipinski definition) is 8. The van der Waals surface area contributed by atoms with Gasteiger partial charge in [0.1, 0.15) is 12.1 Å². The van der Waals surface area contributed by atoms with Gasteiger partial charge < -0.3 is 40.5 Å². The van der Waals surface area contributed by atoms with E-state index in [0.29, 0.717) is 0 Å². The molecule has 0 amide bonds. The Labute approximate surface area is 146 Å². The second-order valence-electron chi connectivity index (χ2n) is 5.74. The minimum atomic E-state index is -1.44. The number of aliphatic hydroxyl groups is 7. The molecule has 0 aromatic heterocycles. The van der Waals surface area contributed by atoms with Gasteiger partial charge in [-0.05, 0) is 0 Å². The molecule has 0 aromatic rings. The van der Waals surface area contributed by atoms with Crippen LogP contribution in [0, 0.1) is 0 Å². The maximum Gasteiger partial charge on any atom is 0.320 e. The van der Waals surface area contributed by atoms with Gasteiger partial charge in [0.2, 0.25) is 0 Å². The minimum absolute atomic E-state index is 0.0418. The van der Waals surface area contributed by atoms with Crippen LogP contribution in [0.3, 0.4) is 0 Å². The van der Waals surface area contributed by atoms with Gasteiger partial charge >= 0.3 is 5.97 Å². The van der Waals surface area contributed by atoms with Crippen molar-refractivity contribution in [1.82, 2.24) is 10.2 Å². The lowest BCUT2D eigenvalue weighted by Crippen LogP contribution is -2.60. The summed E-state index contributed by atoms with van der Waals surface area (Å²) in [5.74, 6) is -0.807. The minimum Gasteiger partial charge on any atom is -0.463 e. The predicted molar refractivity (Wildman–Crippen MR) is 85.6 cm³/mol. The van der Waals surface area contributed by atoms with Gasteiger partial charge in [-0.15, -0.1) is 0 Å². The van der Waals surface area contributed by atoms with E-state index in [-0.39, 0.29) is 26.3 Å². The van der Waals surface area contributed by atoms with Crippen LogP contribution < -0.4 is 5.32 Å². The lowest BCUT2D eigenvalue weighted by Gasteiger charge is -2.40. The molecule has 0 aliphatic carbocycles. The third-order valence-corrected chi connectivity index (χ3v) is 4.02. The Kier molecular flexibility index (Phi) is 12.0. The van der Waals surface area contributed by atoms with Crippen LogP contribution in [0.25, 0.3) is 0 Å². The lowest BCUT2D eigenvalue weighted by molar-refractivity contribution is -0.151. The van der Waals surface area contributed by atoms with Gasteiger partial charge in [-0.3, -0.25) is 15.0 Å². The number of nitrogens with one attached hydrogen (secondary N) is 1. The van der Waals surface area contributed by atoms with E-state index < -0.39 is 63.2 Å². The highest BCUT2D eigenvalue weighted by atomic mass is 16.5. The van der Waals surface area contributed by atoms with E-state index in [1.807, 2.05) is 0 Å². The van der Waals surface area contributed by atoms with E-state index in [1.165, 1.54) is 4.90 Å². The standard InChI is InChI=1S/C14H30N2O9/c17-3-1-16(2-4-18)14(9-22,10-23)11-25-12(24)5-15-13(6-19,7-20)8-21/h15,17-23H,1-11H2. The van der Waals surface area contributed by atoms with Crippen molar-refractivity contribution in [2.75, 3.05) is 72.5 Å². The summed E-state index contributed by atoms with van der Waals surface area (Å²) in [6.45, 7) is -4.33. The SMILES string of the molecule is O=C(CNC(CO)(CO)CO)OCC(CO)(CO)N(CCO)CCO. The van der Waals surface area contributed by atoms with Crippen molar-refractivity contribution in [3.8, 4) is 0 Å². The molecular formula is C14H30N2O9. The predicted octanol–water partition coefficient (Wildman–Crippen LogP) is -5.16. The molecule has 150 valence electrons. The number of hydrogen-bond acceptors (Lipinski definition) is 11. The molecule has 0 aliphatic rings. The van der Waals surface area contributed by atoms with Crippen molar-refractivity contribution in [2.45, 2.75) is 11.1 Å². The largest absolute Gasteiger partial charge is 0.463 e. The van der Waals surface area contributed by atoms with E-state index in [4.69, 9.17) is 30.3 Å². The van der Waals surface area contributed by atoms with Crippen molar-refractivity contribution >= 4 is 5.97 Å². The molecular weight excluding hydrogens is 340 g/mol. The number of nitrogens with zero attached hydrogens (tertiary/aromatic N) is 1. The molecule has 0 unspecified atom stereocenters. The molecule has 0 heterocycles. The second-order valence-corrected chi connectivity index (χ2v) is 5.74. The Bertz CT molecular complexity index is 348. The summed E-state index contributed by atoms with van der Waals surface area (Å²) in [5.41, 5.74) is -2.83. The number of ether oxygens (including phenoxy) is 1. The van der Waals surface area contributed by atoms with Crippen molar-refractivity contribution in [2.24, 2.45) is 0 Å². The van der Waals surface area contributed by atoms with E-state index in [0.717, 1.165) is 0 Å². The zero-order chi connectivity index (χ0) is 19.3. The molecule has 25 heavy (non-hydrogen) atoms. The monoisotopic (exact) mass is 370 g/mol. The van der Waals surface area contributed by atoms with Crippen LogP contribution in [-0.4, -0.2) is 130 Å². The Morgan fingerprint density at radius 3 is 1.68 bits per heavy atom. The van der Waals surface area contributed by atoms with Crippen LogP contribution in [-0.2, 0) is 9.53 Å². The first-order valence-corrected chi connectivity index (χ1v) is 7.85. The molecule has 0 bridgehead atoms. The van der Waals surface area contributed by atoms with Crippen LogP contribution >= 0.6 is 0 Å². The fourth-order valence-electron chi connectivity index (χ4n) is 2.10. The van der Waals surface area contributed by atoms with E-state index in [9.17, 15) is 15.0 Å². The second kappa shape index (κ2) is 12.5. The average Bonchev–Trinajstić information content (AvgIpc) is 2.65. The normalized spacial score (nSPS) is 12.6. The number of carbonyl (C=O) groups excluding carboxylic acids is 1. The summed E-state index contributed by atoms with van der Waals surface area (Å²) in [5, 5.41) is 67.4. The summed E-state index contributed by atoms with van der Waals surface area (Å²) < 4.78 is 5.02. The zero-order valence-corrected chi connectivity index (χ0v) is 14.2. The molecule has 0 saturated carbocycles. The maximum atomic E-state index is 11.8. The quantitative estimate of drug-likeness (QED) is 0.129. The molecule has 0 fully saturated rings. The number of β-amino-alcohol motifs (C(OH)–C–C–N with tert-alkyl or cyclic N) is 2. The number of rotatable bonds is 15. The smallest absolute Gasteiger partial charge is 0.320 e. The molecule has 11 heteroatoms. The molecule has 0 radical (unpaired) electrons. The first-order valence-electron chi connectivity index (χ1n) is 7.85. The number of carbonyl (C=O) groups is 1. The Balaban J connectivity index is 4.81. The Hall–Kier alpha value is -0.890. The number of esters is 1. The molecule has 0 spiro atoms. The van der Waals surface area contributed by atoms with Crippen LogP contribution in [0.4, 0.5) is 0 Å². The molecule has 11 nitrogen and oxygen atoms in total. The third-order valence-electron chi connectivity index (χ3n) is 4.02. The fourth-order valence-corrected chi connectivity index (χ4v) is 2.10. The Morgan fingerprint density at radius 1 is 0.840 bits per heavy atom. The highest BCUT2D eigenvalue weighted by Crippen LogP contribution is 2.15. The molecule has 8 N–H and O–H groups in total. The summed E-state index contributed by atoms with van der Waals surface area (Å²) in [6, 6.07) is 0. The van der Waals surface area contributed by atoms with Gasteiger partial charge in [0, 0.05) is 13.1 Å². The first kappa shape index (κ1) is 24.1. The van der Waals surface area contributed by atoms with Crippen LogP contribution in [0.1, 0.15) is 0 Å². The average molecular weight is 370 g/mol.